The average molecular weight is 136 g/mol. The normalized spacial score (nSPS) is 33.1. The monoisotopic (exact) mass is 136 g/mol. The molecule has 1 atom stereocenters. The number of hydrogen-bond acceptors (Lipinski definition) is 2. The zero-order valence-corrected chi connectivity index (χ0v) is 5.57. The summed E-state index contributed by atoms with van der Waals surface area (Å²) in [7, 11) is -2.97. The number of nitrogens with zero attached hydrogens (tertiary/aromatic N) is 1. The van der Waals surface area contributed by atoms with Gasteiger partial charge in [0.2, 0.25) is 0 Å². The summed E-state index contributed by atoms with van der Waals surface area (Å²) in [5, 5.41) is 0. The van der Waals surface area contributed by atoms with E-state index >= 15 is 0 Å². The number of hydrogen-bond donors (Lipinski definition) is 1. The Labute approximate surface area is 48.6 Å². The van der Waals surface area contributed by atoms with E-state index in [4.69, 9.17) is 0 Å². The first-order valence-electron chi connectivity index (χ1n) is 2.36. The van der Waals surface area contributed by atoms with E-state index in [0.29, 0.717) is 0 Å². The minimum absolute atomic E-state index is 0.0417. The Morgan fingerprint density at radius 3 is 1.88 bits per heavy atom. The van der Waals surface area contributed by atoms with E-state index < -0.39 is 10.2 Å². The Morgan fingerprint density at radius 1 is 1.50 bits per heavy atom. The van der Waals surface area contributed by atoms with Crippen molar-refractivity contribution in [1.82, 2.24) is 9.25 Å². The molecule has 0 aromatic heterocycles. The number of rotatable bonds is 1. The standard InChI is InChI=1S/C3H8N2O2S/c1-3(2)5-4-8(5,6)7/h3-4H,1-2H3. The van der Waals surface area contributed by atoms with Crippen LogP contribution < -0.4 is 4.83 Å². The van der Waals surface area contributed by atoms with Gasteiger partial charge in [-0.05, 0) is 13.8 Å². The summed E-state index contributed by atoms with van der Waals surface area (Å²) >= 11 is 0. The van der Waals surface area contributed by atoms with Gasteiger partial charge in [-0.1, -0.05) is 0 Å². The molecule has 1 fully saturated rings. The van der Waals surface area contributed by atoms with Crippen LogP contribution in [0.15, 0.2) is 0 Å². The van der Waals surface area contributed by atoms with Gasteiger partial charge in [0, 0.05) is 6.04 Å². The lowest BCUT2D eigenvalue weighted by molar-refractivity contribution is 0.447. The molecule has 1 heterocycles. The van der Waals surface area contributed by atoms with Crippen molar-refractivity contribution in [2.75, 3.05) is 0 Å². The highest BCUT2D eigenvalue weighted by atomic mass is 32.2. The molecule has 5 heteroatoms. The quantitative estimate of drug-likeness (QED) is 0.492. The van der Waals surface area contributed by atoms with Crippen molar-refractivity contribution in [3.63, 3.8) is 0 Å². The summed E-state index contributed by atoms with van der Waals surface area (Å²) in [6, 6.07) is 0.0417. The second-order valence-corrected chi connectivity index (χ2v) is 3.51. The molecule has 1 rings (SSSR count). The van der Waals surface area contributed by atoms with Crippen LogP contribution in [0.3, 0.4) is 0 Å². The zero-order valence-electron chi connectivity index (χ0n) is 4.75. The van der Waals surface area contributed by atoms with E-state index in [1.807, 2.05) is 0 Å². The molecule has 0 spiro atoms. The lowest BCUT2D eigenvalue weighted by atomic mass is 10.4. The Kier molecular flexibility index (Phi) is 1.07. The lowest BCUT2D eigenvalue weighted by Gasteiger charge is -1.93. The van der Waals surface area contributed by atoms with Crippen LogP contribution in [0.5, 0.6) is 0 Å². The first-order chi connectivity index (χ1) is 3.54. The summed E-state index contributed by atoms with van der Waals surface area (Å²) in [4.78, 5) is 2.21. The minimum Gasteiger partial charge on any atom is -0.192 e. The third kappa shape index (κ3) is 0.841. The molecule has 0 bridgehead atoms. The van der Waals surface area contributed by atoms with Crippen LogP contribution in [0.1, 0.15) is 13.8 Å². The molecule has 1 aliphatic heterocycles. The largest absolute Gasteiger partial charge is 0.307 e. The van der Waals surface area contributed by atoms with Gasteiger partial charge >= 0.3 is 10.2 Å². The zero-order chi connectivity index (χ0) is 6.36. The van der Waals surface area contributed by atoms with Crippen LogP contribution in [0.2, 0.25) is 0 Å². The van der Waals surface area contributed by atoms with Gasteiger partial charge in [0.25, 0.3) is 0 Å². The van der Waals surface area contributed by atoms with Crippen LogP contribution >= 0.6 is 0 Å². The van der Waals surface area contributed by atoms with E-state index in [2.05, 4.69) is 4.83 Å². The molecule has 1 N–H and O–H groups in total. The van der Waals surface area contributed by atoms with Gasteiger partial charge in [0.15, 0.2) is 0 Å². The molecule has 0 aromatic carbocycles. The first kappa shape index (κ1) is 6.00. The predicted octanol–water partition coefficient (Wildman–Crippen LogP) is -0.540. The second-order valence-electron chi connectivity index (χ2n) is 1.99. The molecular weight excluding hydrogens is 128 g/mol. The van der Waals surface area contributed by atoms with Gasteiger partial charge in [-0.3, -0.25) is 0 Å². The van der Waals surface area contributed by atoms with Crippen molar-refractivity contribution in [1.29, 1.82) is 0 Å². The predicted molar refractivity (Wildman–Crippen MR) is 29.0 cm³/mol. The number of nitrogens with one attached hydrogen (secondary N) is 1. The van der Waals surface area contributed by atoms with Crippen molar-refractivity contribution in [3.8, 4) is 0 Å². The van der Waals surface area contributed by atoms with Crippen molar-refractivity contribution in [2.24, 2.45) is 0 Å². The van der Waals surface area contributed by atoms with E-state index in [9.17, 15) is 8.42 Å². The number of hydrazine groups is 1. The van der Waals surface area contributed by atoms with Gasteiger partial charge in [0.1, 0.15) is 0 Å². The Morgan fingerprint density at radius 2 is 1.88 bits per heavy atom. The molecule has 1 unspecified atom stereocenters. The van der Waals surface area contributed by atoms with Gasteiger partial charge in [0.05, 0.1) is 0 Å². The van der Waals surface area contributed by atoms with Crippen LogP contribution in [-0.2, 0) is 10.2 Å². The van der Waals surface area contributed by atoms with Crippen LogP contribution in [0, 0.1) is 0 Å². The molecule has 1 saturated heterocycles. The molecule has 8 heavy (non-hydrogen) atoms. The summed E-state index contributed by atoms with van der Waals surface area (Å²) in [6.45, 7) is 3.61. The fraction of sp³-hybridized carbons (Fsp3) is 1.00. The van der Waals surface area contributed by atoms with E-state index in [0.717, 1.165) is 0 Å². The highest BCUT2D eigenvalue weighted by molar-refractivity contribution is 7.92. The fourth-order valence-electron chi connectivity index (χ4n) is 0.480. The Hall–Kier alpha value is -0.130. The van der Waals surface area contributed by atoms with Crippen molar-refractivity contribution < 1.29 is 8.42 Å². The fourth-order valence-corrected chi connectivity index (χ4v) is 1.62. The third-order valence-corrected chi connectivity index (χ3v) is 2.19. The lowest BCUT2D eigenvalue weighted by Crippen LogP contribution is -2.11. The molecule has 4 nitrogen and oxygen atoms in total. The third-order valence-electron chi connectivity index (χ3n) is 0.901. The molecule has 0 amide bonds. The molecule has 0 radical (unpaired) electrons. The molecule has 48 valence electrons. The summed E-state index contributed by atoms with van der Waals surface area (Å²) in [5.41, 5.74) is 0. The maximum absolute atomic E-state index is 10.3. The Bertz CT molecular complexity index is 183. The molecule has 0 saturated carbocycles. The SMILES string of the molecule is CC(C)N1NS1(=O)=O. The van der Waals surface area contributed by atoms with Gasteiger partial charge in [-0.15, -0.1) is 9.25 Å². The van der Waals surface area contributed by atoms with Crippen molar-refractivity contribution >= 4 is 10.2 Å². The van der Waals surface area contributed by atoms with Gasteiger partial charge in [-0.2, -0.15) is 8.42 Å². The van der Waals surface area contributed by atoms with Crippen LogP contribution in [0.4, 0.5) is 0 Å². The highest BCUT2D eigenvalue weighted by Crippen LogP contribution is 2.13. The van der Waals surface area contributed by atoms with E-state index in [1.165, 1.54) is 4.41 Å². The second kappa shape index (κ2) is 1.43. The maximum atomic E-state index is 10.3. The molecule has 0 aliphatic carbocycles. The highest BCUT2D eigenvalue weighted by Gasteiger charge is 2.41. The smallest absolute Gasteiger partial charge is 0.192 e. The van der Waals surface area contributed by atoms with Crippen molar-refractivity contribution in [3.05, 3.63) is 0 Å². The summed E-state index contributed by atoms with van der Waals surface area (Å²) in [6.07, 6.45) is 0. The van der Waals surface area contributed by atoms with E-state index in [-0.39, 0.29) is 6.04 Å². The van der Waals surface area contributed by atoms with E-state index in [1.54, 1.807) is 13.8 Å². The molecular formula is C3H8N2O2S. The molecule has 1 aliphatic rings. The average Bonchev–Trinajstić information content (AvgIpc) is 2.13. The van der Waals surface area contributed by atoms with Crippen molar-refractivity contribution in [2.45, 2.75) is 19.9 Å². The first-order valence-corrected chi connectivity index (χ1v) is 3.80. The molecule has 0 aromatic rings. The van der Waals surface area contributed by atoms with Crippen LogP contribution in [0.25, 0.3) is 0 Å². The Balaban J connectivity index is 2.62. The summed E-state index contributed by atoms with van der Waals surface area (Å²) < 4.78 is 21.9. The van der Waals surface area contributed by atoms with Gasteiger partial charge in [-0.25, -0.2) is 0 Å². The maximum Gasteiger partial charge on any atom is 0.307 e. The van der Waals surface area contributed by atoms with Gasteiger partial charge < -0.3 is 0 Å². The summed E-state index contributed by atoms with van der Waals surface area (Å²) in [5.74, 6) is 0. The minimum atomic E-state index is -2.97. The van der Waals surface area contributed by atoms with Crippen LogP contribution in [-0.4, -0.2) is 18.9 Å². The topological polar surface area (TPSA) is 59.1 Å².